The standard InChI is InChI=1S/C17H28N2S/c1-14-7-5-6-8-15(14)16(18-4)9-10-19-11-12-20-17(2,3)13-19/h5-8,16,18H,9-13H2,1-4H3. The van der Waals surface area contributed by atoms with Crippen LogP contribution in [0.2, 0.25) is 0 Å². The number of hydrogen-bond donors (Lipinski definition) is 1. The van der Waals surface area contributed by atoms with Crippen molar-refractivity contribution >= 4 is 11.8 Å². The molecule has 0 bridgehead atoms. The van der Waals surface area contributed by atoms with Crippen LogP contribution >= 0.6 is 11.8 Å². The fourth-order valence-corrected chi connectivity index (χ4v) is 4.23. The van der Waals surface area contributed by atoms with Crippen molar-refractivity contribution in [2.75, 3.05) is 32.4 Å². The smallest absolute Gasteiger partial charge is 0.0332 e. The molecule has 1 aliphatic rings. The lowest BCUT2D eigenvalue weighted by Crippen LogP contribution is -2.44. The summed E-state index contributed by atoms with van der Waals surface area (Å²) in [5.74, 6) is 1.27. The van der Waals surface area contributed by atoms with Crippen molar-refractivity contribution in [3.05, 3.63) is 35.4 Å². The Bertz CT molecular complexity index is 431. The highest BCUT2D eigenvalue weighted by atomic mass is 32.2. The Kier molecular flexibility index (Phi) is 5.53. The Hall–Kier alpha value is -0.510. The molecule has 3 heteroatoms. The van der Waals surface area contributed by atoms with E-state index in [-0.39, 0.29) is 0 Å². The molecule has 1 aliphatic heterocycles. The van der Waals surface area contributed by atoms with Crippen molar-refractivity contribution in [1.29, 1.82) is 0 Å². The Balaban J connectivity index is 1.93. The third kappa shape index (κ3) is 4.24. The van der Waals surface area contributed by atoms with Crippen molar-refractivity contribution < 1.29 is 0 Å². The summed E-state index contributed by atoms with van der Waals surface area (Å²) >= 11 is 2.11. The molecule has 0 amide bonds. The van der Waals surface area contributed by atoms with Gasteiger partial charge in [0.2, 0.25) is 0 Å². The van der Waals surface area contributed by atoms with E-state index in [0.717, 1.165) is 0 Å². The van der Waals surface area contributed by atoms with Crippen LogP contribution in [0.1, 0.15) is 37.4 Å². The van der Waals surface area contributed by atoms with E-state index in [1.165, 1.54) is 42.9 Å². The molecule has 2 nitrogen and oxygen atoms in total. The zero-order valence-corrected chi connectivity index (χ0v) is 14.1. The van der Waals surface area contributed by atoms with Gasteiger partial charge in [0.25, 0.3) is 0 Å². The first-order valence-corrected chi connectivity index (χ1v) is 8.59. The van der Waals surface area contributed by atoms with Crippen molar-refractivity contribution in [2.45, 2.75) is 38.0 Å². The average Bonchev–Trinajstić information content (AvgIpc) is 2.40. The first-order chi connectivity index (χ1) is 9.52. The maximum Gasteiger partial charge on any atom is 0.0332 e. The lowest BCUT2D eigenvalue weighted by Gasteiger charge is -2.38. The Morgan fingerprint density at radius 3 is 2.75 bits per heavy atom. The van der Waals surface area contributed by atoms with E-state index in [1.54, 1.807) is 0 Å². The summed E-state index contributed by atoms with van der Waals surface area (Å²) in [5, 5.41) is 3.49. The minimum absolute atomic E-state index is 0.413. The van der Waals surface area contributed by atoms with Crippen molar-refractivity contribution in [3.63, 3.8) is 0 Å². The van der Waals surface area contributed by atoms with Gasteiger partial charge in [-0.15, -0.1) is 0 Å². The van der Waals surface area contributed by atoms with E-state index in [2.05, 4.69) is 74.1 Å². The SMILES string of the molecule is CNC(CCN1CCSC(C)(C)C1)c1ccccc1C. The minimum Gasteiger partial charge on any atom is -0.313 e. The van der Waals surface area contributed by atoms with Crippen LogP contribution in [0, 0.1) is 6.92 Å². The fraction of sp³-hybridized carbons (Fsp3) is 0.647. The number of thioether (sulfide) groups is 1. The molecule has 1 saturated heterocycles. The Morgan fingerprint density at radius 1 is 1.35 bits per heavy atom. The molecule has 1 fully saturated rings. The topological polar surface area (TPSA) is 15.3 Å². The first-order valence-electron chi connectivity index (χ1n) is 7.61. The second-order valence-corrected chi connectivity index (χ2v) is 8.17. The molecule has 0 radical (unpaired) electrons. The Morgan fingerprint density at radius 2 is 2.10 bits per heavy atom. The average molecular weight is 292 g/mol. The number of nitrogens with zero attached hydrogens (tertiary/aromatic N) is 1. The number of rotatable bonds is 5. The quantitative estimate of drug-likeness (QED) is 0.894. The Labute approximate surface area is 128 Å². The summed E-state index contributed by atoms with van der Waals surface area (Å²) in [4.78, 5) is 2.62. The van der Waals surface area contributed by atoms with Gasteiger partial charge in [0.05, 0.1) is 0 Å². The molecule has 0 spiro atoms. The van der Waals surface area contributed by atoms with Gasteiger partial charge in [0, 0.05) is 36.2 Å². The van der Waals surface area contributed by atoms with Gasteiger partial charge < -0.3 is 10.2 Å². The predicted octanol–water partition coefficient (Wildman–Crippen LogP) is 3.47. The second kappa shape index (κ2) is 6.97. The van der Waals surface area contributed by atoms with Gasteiger partial charge in [0.15, 0.2) is 0 Å². The summed E-state index contributed by atoms with van der Waals surface area (Å²) in [6, 6.07) is 9.20. The van der Waals surface area contributed by atoms with Crippen LogP contribution in [-0.2, 0) is 0 Å². The maximum atomic E-state index is 3.49. The van der Waals surface area contributed by atoms with Gasteiger partial charge in [-0.2, -0.15) is 11.8 Å². The summed E-state index contributed by atoms with van der Waals surface area (Å²) in [7, 11) is 2.08. The zero-order valence-electron chi connectivity index (χ0n) is 13.3. The van der Waals surface area contributed by atoms with E-state index in [1.807, 2.05) is 0 Å². The summed E-state index contributed by atoms with van der Waals surface area (Å²) in [5.41, 5.74) is 2.84. The summed E-state index contributed by atoms with van der Waals surface area (Å²) in [6.45, 7) is 10.6. The highest BCUT2D eigenvalue weighted by Crippen LogP contribution is 2.30. The van der Waals surface area contributed by atoms with Crippen LogP contribution in [0.25, 0.3) is 0 Å². The monoisotopic (exact) mass is 292 g/mol. The molecule has 0 aliphatic carbocycles. The van der Waals surface area contributed by atoms with E-state index < -0.39 is 0 Å². The van der Waals surface area contributed by atoms with Gasteiger partial charge in [-0.3, -0.25) is 0 Å². The largest absolute Gasteiger partial charge is 0.313 e. The number of benzene rings is 1. The van der Waals surface area contributed by atoms with E-state index in [9.17, 15) is 0 Å². The van der Waals surface area contributed by atoms with Gasteiger partial charge >= 0.3 is 0 Å². The minimum atomic E-state index is 0.413. The predicted molar refractivity (Wildman–Crippen MR) is 90.6 cm³/mol. The summed E-state index contributed by atoms with van der Waals surface area (Å²) in [6.07, 6.45) is 1.18. The molecular weight excluding hydrogens is 264 g/mol. The normalized spacial score (nSPS) is 20.8. The van der Waals surface area contributed by atoms with E-state index in [0.29, 0.717) is 10.8 Å². The van der Waals surface area contributed by atoms with Crippen molar-refractivity contribution in [2.24, 2.45) is 0 Å². The van der Waals surface area contributed by atoms with Crippen LogP contribution in [0.3, 0.4) is 0 Å². The molecule has 0 aromatic heterocycles. The first kappa shape index (κ1) is 15.9. The van der Waals surface area contributed by atoms with Gasteiger partial charge in [0.1, 0.15) is 0 Å². The number of aryl methyl sites for hydroxylation is 1. The number of hydrogen-bond acceptors (Lipinski definition) is 3. The maximum absolute atomic E-state index is 3.49. The van der Waals surface area contributed by atoms with Gasteiger partial charge in [-0.25, -0.2) is 0 Å². The molecule has 2 rings (SSSR count). The molecule has 0 saturated carbocycles. The highest BCUT2D eigenvalue weighted by Gasteiger charge is 2.27. The van der Waals surface area contributed by atoms with Crippen LogP contribution in [0.4, 0.5) is 0 Å². The summed E-state index contributed by atoms with van der Waals surface area (Å²) < 4.78 is 0.413. The fourth-order valence-electron chi connectivity index (χ4n) is 3.05. The van der Waals surface area contributed by atoms with E-state index in [4.69, 9.17) is 0 Å². The van der Waals surface area contributed by atoms with Gasteiger partial charge in [-0.05, 0) is 45.4 Å². The zero-order chi connectivity index (χ0) is 14.6. The molecule has 1 aromatic rings. The van der Waals surface area contributed by atoms with Crippen LogP contribution < -0.4 is 5.32 Å². The lowest BCUT2D eigenvalue weighted by atomic mass is 9.98. The molecule has 1 N–H and O–H groups in total. The highest BCUT2D eigenvalue weighted by molar-refractivity contribution is 8.00. The molecule has 1 heterocycles. The van der Waals surface area contributed by atoms with Crippen LogP contribution in [0.15, 0.2) is 24.3 Å². The lowest BCUT2D eigenvalue weighted by molar-refractivity contribution is 0.247. The van der Waals surface area contributed by atoms with Crippen molar-refractivity contribution in [3.8, 4) is 0 Å². The molecular formula is C17H28N2S. The third-order valence-corrected chi connectivity index (χ3v) is 5.45. The molecule has 1 aromatic carbocycles. The van der Waals surface area contributed by atoms with Gasteiger partial charge in [-0.1, -0.05) is 24.3 Å². The molecule has 1 unspecified atom stereocenters. The molecule has 112 valence electrons. The second-order valence-electron chi connectivity index (χ2n) is 6.37. The van der Waals surface area contributed by atoms with Crippen LogP contribution in [0.5, 0.6) is 0 Å². The van der Waals surface area contributed by atoms with Crippen LogP contribution in [-0.4, -0.2) is 42.1 Å². The molecule has 20 heavy (non-hydrogen) atoms. The number of nitrogens with one attached hydrogen (secondary N) is 1. The molecule has 1 atom stereocenters. The van der Waals surface area contributed by atoms with Crippen molar-refractivity contribution in [1.82, 2.24) is 10.2 Å². The van der Waals surface area contributed by atoms with E-state index >= 15 is 0 Å². The third-order valence-electron chi connectivity index (χ3n) is 4.15.